The van der Waals surface area contributed by atoms with Gasteiger partial charge >= 0.3 is 0 Å². The lowest BCUT2D eigenvalue weighted by molar-refractivity contribution is -0.116. The molecule has 0 unspecified atom stereocenters. The minimum atomic E-state index is -0.147. The zero-order valence-electron chi connectivity index (χ0n) is 15.9. The highest BCUT2D eigenvalue weighted by atomic mass is 16.5. The molecule has 0 aliphatic heterocycles. The summed E-state index contributed by atoms with van der Waals surface area (Å²) in [7, 11) is 0. The maximum absolute atomic E-state index is 12.6. The average molecular weight is 376 g/mol. The number of hydrogen-bond acceptors (Lipinski definition) is 6. The number of benzene rings is 1. The minimum Gasteiger partial charge on any atom is -0.337 e. The zero-order valence-corrected chi connectivity index (χ0v) is 15.9. The summed E-state index contributed by atoms with van der Waals surface area (Å²) in [5.74, 6) is 0.783. The summed E-state index contributed by atoms with van der Waals surface area (Å²) in [5, 5.41) is 11.0. The Morgan fingerprint density at radius 3 is 2.71 bits per heavy atom. The van der Waals surface area contributed by atoms with Crippen LogP contribution in [0, 0.1) is 20.8 Å². The molecular weight excluding hydrogens is 356 g/mol. The van der Waals surface area contributed by atoms with Crippen molar-refractivity contribution in [2.24, 2.45) is 0 Å². The summed E-state index contributed by atoms with van der Waals surface area (Å²) in [5.41, 5.74) is 5.26. The molecule has 28 heavy (non-hydrogen) atoms. The van der Waals surface area contributed by atoms with Crippen LogP contribution in [0.1, 0.15) is 29.1 Å². The van der Waals surface area contributed by atoms with E-state index in [1.165, 1.54) is 6.33 Å². The van der Waals surface area contributed by atoms with Gasteiger partial charge in [0.15, 0.2) is 0 Å². The van der Waals surface area contributed by atoms with Gasteiger partial charge in [0.05, 0.1) is 11.3 Å². The molecule has 0 radical (unpaired) electrons. The summed E-state index contributed by atoms with van der Waals surface area (Å²) in [6, 6.07) is 9.73. The van der Waals surface area contributed by atoms with Gasteiger partial charge in [0.25, 0.3) is 5.78 Å². The second kappa shape index (κ2) is 7.22. The Bertz CT molecular complexity index is 1150. The monoisotopic (exact) mass is 376 g/mol. The fourth-order valence-corrected chi connectivity index (χ4v) is 3.34. The Morgan fingerprint density at radius 1 is 1.14 bits per heavy atom. The fraction of sp³-hybridized carbons (Fsp3) is 0.250. The van der Waals surface area contributed by atoms with Crippen LogP contribution in [0.5, 0.6) is 0 Å². The van der Waals surface area contributed by atoms with Gasteiger partial charge in [-0.2, -0.15) is 10.1 Å². The van der Waals surface area contributed by atoms with E-state index in [0.717, 1.165) is 33.8 Å². The molecule has 8 heteroatoms. The molecule has 0 saturated heterocycles. The first-order valence-electron chi connectivity index (χ1n) is 9.02. The van der Waals surface area contributed by atoms with Crippen molar-refractivity contribution >= 4 is 17.6 Å². The van der Waals surface area contributed by atoms with E-state index in [0.29, 0.717) is 18.1 Å². The smallest absolute Gasteiger partial charge is 0.252 e. The van der Waals surface area contributed by atoms with E-state index >= 15 is 0 Å². The van der Waals surface area contributed by atoms with Crippen LogP contribution in [-0.4, -0.2) is 30.6 Å². The van der Waals surface area contributed by atoms with Gasteiger partial charge in [0.2, 0.25) is 11.8 Å². The van der Waals surface area contributed by atoms with Crippen LogP contribution in [0.3, 0.4) is 0 Å². The highest BCUT2D eigenvalue weighted by Crippen LogP contribution is 2.31. The topological polar surface area (TPSA) is 98.2 Å². The molecule has 0 atom stereocenters. The summed E-state index contributed by atoms with van der Waals surface area (Å²) in [4.78, 5) is 21.1. The van der Waals surface area contributed by atoms with Gasteiger partial charge in [-0.15, -0.1) is 0 Å². The number of amides is 1. The number of nitrogens with zero attached hydrogens (tertiary/aromatic N) is 5. The first kappa shape index (κ1) is 17.8. The van der Waals surface area contributed by atoms with Gasteiger partial charge in [-0.05, 0) is 38.3 Å². The van der Waals surface area contributed by atoms with Gasteiger partial charge in [0, 0.05) is 17.8 Å². The molecule has 0 aliphatic rings. The highest BCUT2D eigenvalue weighted by molar-refractivity contribution is 5.94. The van der Waals surface area contributed by atoms with Crippen LogP contribution in [0.15, 0.2) is 41.2 Å². The first-order chi connectivity index (χ1) is 13.5. The normalized spacial score (nSPS) is 11.1. The molecule has 1 aromatic carbocycles. The number of rotatable bonds is 5. The number of carbonyl (C=O) groups is 1. The second-order valence-corrected chi connectivity index (χ2v) is 6.62. The van der Waals surface area contributed by atoms with Crippen molar-refractivity contribution in [1.82, 2.24) is 24.7 Å². The lowest BCUT2D eigenvalue weighted by atomic mass is 10.1. The fourth-order valence-electron chi connectivity index (χ4n) is 3.34. The molecule has 3 aromatic heterocycles. The predicted octanol–water partition coefficient (Wildman–Crippen LogP) is 3.28. The molecule has 0 bridgehead atoms. The summed E-state index contributed by atoms with van der Waals surface area (Å²) >= 11 is 0. The Kier molecular flexibility index (Phi) is 4.60. The number of aryl methyl sites for hydroxylation is 3. The summed E-state index contributed by atoms with van der Waals surface area (Å²) < 4.78 is 7.04. The lowest BCUT2D eigenvalue weighted by Gasteiger charge is -2.10. The molecule has 0 fully saturated rings. The molecule has 4 aromatic rings. The number of carbonyl (C=O) groups excluding carboxylic acids is 1. The third-order valence-corrected chi connectivity index (χ3v) is 4.77. The van der Waals surface area contributed by atoms with Crippen molar-refractivity contribution in [3.05, 3.63) is 59.3 Å². The Balaban J connectivity index is 1.51. The maximum Gasteiger partial charge on any atom is 0.252 e. The van der Waals surface area contributed by atoms with Crippen molar-refractivity contribution < 1.29 is 9.32 Å². The van der Waals surface area contributed by atoms with Crippen molar-refractivity contribution in [2.45, 2.75) is 33.6 Å². The molecule has 0 spiro atoms. The average Bonchev–Trinajstić information content (AvgIpc) is 3.29. The molecular formula is C20H20N6O2. The molecule has 0 aliphatic carbocycles. The van der Waals surface area contributed by atoms with Crippen molar-refractivity contribution in [1.29, 1.82) is 0 Å². The van der Waals surface area contributed by atoms with E-state index in [2.05, 4.69) is 25.5 Å². The van der Waals surface area contributed by atoms with Gasteiger partial charge in [-0.1, -0.05) is 35.5 Å². The van der Waals surface area contributed by atoms with E-state index in [9.17, 15) is 4.79 Å². The number of anilines is 1. The van der Waals surface area contributed by atoms with E-state index in [1.807, 2.05) is 51.1 Å². The standard InChI is InChI=1S/C20H20N6O2/c1-12-16(14(3)26-20(23-12)21-11-22-26)9-10-17(27)24-19-18(13(2)25-28-19)15-7-5-4-6-8-15/h4-8,11H,9-10H2,1-3H3,(H,24,27). The van der Waals surface area contributed by atoms with Gasteiger partial charge in [-0.25, -0.2) is 9.50 Å². The molecule has 142 valence electrons. The molecule has 8 nitrogen and oxygen atoms in total. The maximum atomic E-state index is 12.6. The zero-order chi connectivity index (χ0) is 19.7. The Morgan fingerprint density at radius 2 is 1.93 bits per heavy atom. The molecule has 3 heterocycles. The van der Waals surface area contributed by atoms with Crippen LogP contribution in [0.2, 0.25) is 0 Å². The number of hydrogen-bond donors (Lipinski definition) is 1. The van der Waals surface area contributed by atoms with Crippen molar-refractivity contribution in [2.75, 3.05) is 5.32 Å². The lowest BCUT2D eigenvalue weighted by Crippen LogP contribution is -2.14. The molecule has 0 saturated carbocycles. The van der Waals surface area contributed by atoms with E-state index in [-0.39, 0.29) is 12.3 Å². The SMILES string of the molecule is Cc1nc2ncnn2c(C)c1CCC(=O)Nc1onc(C)c1-c1ccccc1. The van der Waals surface area contributed by atoms with Crippen LogP contribution >= 0.6 is 0 Å². The first-order valence-corrected chi connectivity index (χ1v) is 9.02. The molecule has 1 amide bonds. The predicted molar refractivity (Wildman–Crippen MR) is 104 cm³/mol. The van der Waals surface area contributed by atoms with Crippen LogP contribution in [0.4, 0.5) is 5.88 Å². The Hall–Kier alpha value is -3.55. The summed E-state index contributed by atoms with van der Waals surface area (Å²) in [6.07, 6.45) is 2.31. The number of fused-ring (bicyclic) bond motifs is 1. The minimum absolute atomic E-state index is 0.147. The van der Waals surface area contributed by atoms with Gasteiger partial charge in [0.1, 0.15) is 6.33 Å². The van der Waals surface area contributed by atoms with Crippen LogP contribution in [0.25, 0.3) is 16.9 Å². The second-order valence-electron chi connectivity index (χ2n) is 6.62. The number of nitrogens with one attached hydrogen (secondary N) is 1. The molecule has 4 rings (SSSR count). The summed E-state index contributed by atoms with van der Waals surface area (Å²) in [6.45, 7) is 5.73. The van der Waals surface area contributed by atoms with Gasteiger partial charge < -0.3 is 4.52 Å². The van der Waals surface area contributed by atoms with Crippen molar-refractivity contribution in [3.8, 4) is 11.1 Å². The van der Waals surface area contributed by atoms with E-state index in [4.69, 9.17) is 4.52 Å². The largest absolute Gasteiger partial charge is 0.337 e. The molecule has 1 N–H and O–H groups in total. The Labute approximate surface area is 161 Å². The highest BCUT2D eigenvalue weighted by Gasteiger charge is 2.18. The quantitative estimate of drug-likeness (QED) is 0.574. The third-order valence-electron chi connectivity index (χ3n) is 4.77. The van der Waals surface area contributed by atoms with E-state index in [1.54, 1.807) is 4.52 Å². The number of aromatic nitrogens is 5. The van der Waals surface area contributed by atoms with Crippen LogP contribution < -0.4 is 5.32 Å². The van der Waals surface area contributed by atoms with Crippen LogP contribution in [-0.2, 0) is 11.2 Å². The van der Waals surface area contributed by atoms with Crippen molar-refractivity contribution in [3.63, 3.8) is 0 Å². The van der Waals surface area contributed by atoms with Gasteiger partial charge in [-0.3, -0.25) is 10.1 Å². The van der Waals surface area contributed by atoms with E-state index < -0.39 is 0 Å². The third kappa shape index (κ3) is 3.24.